The minimum Gasteiger partial charge on any atom is -0.478 e. The third-order valence-electron chi connectivity index (χ3n) is 3.69. The lowest BCUT2D eigenvalue weighted by Gasteiger charge is -2.05. The molecular formula is C17H14ClNO2. The molecule has 0 fully saturated rings. The van der Waals surface area contributed by atoms with Crippen LogP contribution >= 0.6 is 11.6 Å². The highest BCUT2D eigenvalue weighted by Gasteiger charge is 2.13. The number of H-pyrrole nitrogens is 1. The second kappa shape index (κ2) is 5.26. The summed E-state index contributed by atoms with van der Waals surface area (Å²) in [6, 6.07) is 12.8. The fourth-order valence-electron chi connectivity index (χ4n) is 2.58. The zero-order chi connectivity index (χ0) is 15.0. The molecule has 0 saturated carbocycles. The molecule has 0 amide bonds. The number of aromatic amines is 1. The van der Waals surface area contributed by atoms with Crippen molar-refractivity contribution in [2.24, 2.45) is 0 Å². The van der Waals surface area contributed by atoms with Crippen LogP contribution in [0.15, 0.2) is 42.5 Å². The summed E-state index contributed by atoms with van der Waals surface area (Å²) in [6.45, 7) is 1.99. The maximum Gasteiger partial charge on any atom is 0.335 e. The van der Waals surface area contributed by atoms with E-state index < -0.39 is 5.97 Å². The van der Waals surface area contributed by atoms with Crippen molar-refractivity contribution in [3.8, 4) is 0 Å². The minimum atomic E-state index is -0.917. The van der Waals surface area contributed by atoms with E-state index in [1.54, 1.807) is 12.1 Å². The molecule has 3 rings (SSSR count). The molecule has 0 spiro atoms. The number of carboxylic acid groups (broad SMARTS) is 1. The van der Waals surface area contributed by atoms with Crippen LogP contribution in [0.1, 0.15) is 27.2 Å². The lowest BCUT2D eigenvalue weighted by molar-refractivity contribution is 0.0697. The Morgan fingerprint density at radius 1 is 1.24 bits per heavy atom. The average molecular weight is 300 g/mol. The molecule has 2 N–H and O–H groups in total. The van der Waals surface area contributed by atoms with Crippen LogP contribution in [-0.2, 0) is 6.42 Å². The summed E-state index contributed by atoms with van der Waals surface area (Å²) in [5, 5.41) is 10.8. The van der Waals surface area contributed by atoms with Gasteiger partial charge >= 0.3 is 5.97 Å². The predicted molar refractivity (Wildman–Crippen MR) is 84.3 cm³/mol. The van der Waals surface area contributed by atoms with Gasteiger partial charge in [-0.1, -0.05) is 29.8 Å². The lowest BCUT2D eigenvalue weighted by atomic mass is 10.0. The maximum atomic E-state index is 11.1. The predicted octanol–water partition coefficient (Wildman–Crippen LogP) is 4.42. The maximum absolute atomic E-state index is 11.1. The van der Waals surface area contributed by atoms with Crippen molar-refractivity contribution in [2.45, 2.75) is 13.3 Å². The van der Waals surface area contributed by atoms with Crippen LogP contribution in [0.5, 0.6) is 0 Å². The van der Waals surface area contributed by atoms with Crippen LogP contribution in [0.3, 0.4) is 0 Å². The molecule has 3 nitrogen and oxygen atoms in total. The number of aryl methyl sites for hydroxylation is 1. The number of nitrogens with one attached hydrogen (secondary N) is 1. The molecule has 106 valence electrons. The van der Waals surface area contributed by atoms with Gasteiger partial charge in [-0.15, -0.1) is 0 Å². The number of carboxylic acids is 1. The fourth-order valence-corrected chi connectivity index (χ4v) is 2.78. The molecule has 21 heavy (non-hydrogen) atoms. The van der Waals surface area contributed by atoms with Gasteiger partial charge < -0.3 is 10.1 Å². The van der Waals surface area contributed by atoms with Crippen molar-refractivity contribution >= 4 is 28.5 Å². The number of aromatic carboxylic acids is 1. The van der Waals surface area contributed by atoms with Gasteiger partial charge in [0.15, 0.2) is 0 Å². The number of hydrogen-bond acceptors (Lipinski definition) is 1. The van der Waals surface area contributed by atoms with Gasteiger partial charge in [0.1, 0.15) is 0 Å². The molecule has 3 aromatic rings. The topological polar surface area (TPSA) is 53.1 Å². The van der Waals surface area contributed by atoms with E-state index in [1.165, 1.54) is 0 Å². The summed E-state index contributed by atoms with van der Waals surface area (Å²) in [5.41, 5.74) is 4.39. The van der Waals surface area contributed by atoms with Crippen molar-refractivity contribution in [2.75, 3.05) is 0 Å². The first kappa shape index (κ1) is 13.7. The van der Waals surface area contributed by atoms with Crippen LogP contribution < -0.4 is 0 Å². The molecule has 0 aliphatic heterocycles. The molecule has 0 aliphatic rings. The first-order valence-corrected chi connectivity index (χ1v) is 7.02. The largest absolute Gasteiger partial charge is 0.478 e. The lowest BCUT2D eigenvalue weighted by Crippen LogP contribution is -1.96. The Labute approximate surface area is 127 Å². The highest BCUT2D eigenvalue weighted by Crippen LogP contribution is 2.28. The number of aromatic nitrogens is 1. The van der Waals surface area contributed by atoms with E-state index in [-0.39, 0.29) is 0 Å². The molecule has 0 radical (unpaired) electrons. The average Bonchev–Trinajstić information content (AvgIpc) is 2.76. The number of hydrogen-bond donors (Lipinski definition) is 2. The number of halogens is 1. The number of carbonyl (C=O) groups is 1. The van der Waals surface area contributed by atoms with Crippen LogP contribution in [0.25, 0.3) is 10.9 Å². The molecule has 4 heteroatoms. The molecule has 1 aromatic heterocycles. The molecule has 1 heterocycles. The molecule has 0 bridgehead atoms. The SMILES string of the molecule is Cc1[nH]c2ccc(C(=O)O)cc2c1Cc1ccccc1Cl. The summed E-state index contributed by atoms with van der Waals surface area (Å²) < 4.78 is 0. The first-order chi connectivity index (χ1) is 10.1. The Kier molecular flexibility index (Phi) is 3.43. The summed E-state index contributed by atoms with van der Waals surface area (Å²) >= 11 is 6.22. The molecule has 2 aromatic carbocycles. The number of rotatable bonds is 3. The van der Waals surface area contributed by atoms with Gasteiger partial charge in [-0.3, -0.25) is 0 Å². The zero-order valence-electron chi connectivity index (χ0n) is 11.5. The summed E-state index contributed by atoms with van der Waals surface area (Å²) in [5.74, 6) is -0.917. The quantitative estimate of drug-likeness (QED) is 0.752. The first-order valence-electron chi connectivity index (χ1n) is 6.64. The molecule has 0 unspecified atom stereocenters. The summed E-state index contributed by atoms with van der Waals surface area (Å²) in [4.78, 5) is 14.4. The minimum absolute atomic E-state index is 0.293. The van der Waals surface area contributed by atoms with E-state index in [9.17, 15) is 4.79 Å². The highest BCUT2D eigenvalue weighted by molar-refractivity contribution is 6.31. The molecule has 0 saturated heterocycles. The van der Waals surface area contributed by atoms with Gasteiger partial charge in [-0.25, -0.2) is 4.79 Å². The highest BCUT2D eigenvalue weighted by atomic mass is 35.5. The van der Waals surface area contributed by atoms with Crippen molar-refractivity contribution in [1.29, 1.82) is 0 Å². The van der Waals surface area contributed by atoms with Crippen LogP contribution in [0.4, 0.5) is 0 Å². The molecule has 0 aliphatic carbocycles. The van der Waals surface area contributed by atoms with Crippen molar-refractivity contribution in [3.05, 3.63) is 69.9 Å². The van der Waals surface area contributed by atoms with Gasteiger partial charge in [0.25, 0.3) is 0 Å². The van der Waals surface area contributed by atoms with E-state index in [1.807, 2.05) is 37.3 Å². The van der Waals surface area contributed by atoms with E-state index in [4.69, 9.17) is 16.7 Å². The Morgan fingerprint density at radius 2 is 2.00 bits per heavy atom. The van der Waals surface area contributed by atoms with Gasteiger partial charge in [-0.2, -0.15) is 0 Å². The second-order valence-corrected chi connectivity index (χ2v) is 5.47. The third-order valence-corrected chi connectivity index (χ3v) is 4.06. The number of fused-ring (bicyclic) bond motifs is 1. The van der Waals surface area contributed by atoms with Crippen molar-refractivity contribution in [3.63, 3.8) is 0 Å². The van der Waals surface area contributed by atoms with E-state index in [0.717, 1.165) is 32.7 Å². The Morgan fingerprint density at radius 3 is 2.71 bits per heavy atom. The number of benzene rings is 2. The standard InChI is InChI=1S/C17H14ClNO2/c1-10-13(8-11-4-2-3-5-15(11)18)14-9-12(17(20)21)6-7-16(14)19-10/h2-7,9,19H,8H2,1H3,(H,20,21). The van der Waals surface area contributed by atoms with Gasteiger partial charge in [0.2, 0.25) is 0 Å². The van der Waals surface area contributed by atoms with Crippen molar-refractivity contribution < 1.29 is 9.90 Å². The third kappa shape index (κ3) is 2.52. The fraction of sp³-hybridized carbons (Fsp3) is 0.118. The molecular weight excluding hydrogens is 286 g/mol. The van der Waals surface area contributed by atoms with E-state index in [2.05, 4.69) is 4.98 Å². The van der Waals surface area contributed by atoms with Crippen LogP contribution in [0.2, 0.25) is 5.02 Å². The Hall–Kier alpha value is -2.26. The van der Waals surface area contributed by atoms with Gasteiger partial charge in [0, 0.05) is 28.0 Å². The van der Waals surface area contributed by atoms with Crippen LogP contribution in [-0.4, -0.2) is 16.1 Å². The zero-order valence-corrected chi connectivity index (χ0v) is 12.2. The Bertz CT molecular complexity index is 836. The van der Waals surface area contributed by atoms with E-state index in [0.29, 0.717) is 12.0 Å². The second-order valence-electron chi connectivity index (χ2n) is 5.06. The van der Waals surface area contributed by atoms with Gasteiger partial charge in [0.05, 0.1) is 5.56 Å². The van der Waals surface area contributed by atoms with E-state index >= 15 is 0 Å². The van der Waals surface area contributed by atoms with Gasteiger partial charge in [-0.05, 0) is 42.3 Å². The monoisotopic (exact) mass is 299 g/mol. The Balaban J connectivity index is 2.13. The smallest absolute Gasteiger partial charge is 0.335 e. The summed E-state index contributed by atoms with van der Waals surface area (Å²) in [6.07, 6.45) is 0.675. The molecule has 0 atom stereocenters. The van der Waals surface area contributed by atoms with Crippen molar-refractivity contribution in [1.82, 2.24) is 4.98 Å². The summed E-state index contributed by atoms with van der Waals surface area (Å²) in [7, 11) is 0. The normalized spacial score (nSPS) is 11.0. The van der Waals surface area contributed by atoms with Crippen LogP contribution in [0, 0.1) is 6.92 Å².